The fourth-order valence-corrected chi connectivity index (χ4v) is 3.24. The van der Waals surface area contributed by atoms with Gasteiger partial charge in [-0.2, -0.15) is 0 Å². The highest BCUT2D eigenvalue weighted by atomic mass is 16.5. The van der Waals surface area contributed by atoms with Gasteiger partial charge in [-0.15, -0.1) is 0 Å². The third kappa shape index (κ3) is 1.89. The van der Waals surface area contributed by atoms with Gasteiger partial charge in [-0.25, -0.2) is 4.98 Å². The number of rotatable bonds is 3. The maximum Gasteiger partial charge on any atom is 0.326 e. The molecule has 0 bridgehead atoms. The van der Waals surface area contributed by atoms with Crippen molar-refractivity contribution in [3.8, 4) is 0 Å². The van der Waals surface area contributed by atoms with Crippen LogP contribution in [0.5, 0.6) is 0 Å². The number of benzene rings is 1. The molecule has 0 spiro atoms. The van der Waals surface area contributed by atoms with Crippen molar-refractivity contribution in [3.63, 3.8) is 0 Å². The van der Waals surface area contributed by atoms with E-state index in [2.05, 4.69) is 20.9 Å². The average molecular weight is 273 g/mol. The zero-order valence-corrected chi connectivity index (χ0v) is 11.8. The molecule has 1 N–H and O–H groups in total. The van der Waals surface area contributed by atoms with Crippen molar-refractivity contribution in [3.05, 3.63) is 30.6 Å². The average Bonchev–Trinajstić information content (AvgIpc) is 3.10. The number of nitrogens with one attached hydrogen (secondary N) is 1. The van der Waals surface area contributed by atoms with Crippen molar-refractivity contribution in [2.75, 3.05) is 14.2 Å². The molecule has 1 aliphatic rings. The van der Waals surface area contributed by atoms with Crippen LogP contribution in [0.4, 0.5) is 0 Å². The lowest BCUT2D eigenvalue weighted by atomic mass is 9.98. The summed E-state index contributed by atoms with van der Waals surface area (Å²) in [6.45, 7) is 0. The van der Waals surface area contributed by atoms with Gasteiger partial charge in [0.05, 0.1) is 24.5 Å². The second kappa shape index (κ2) is 4.90. The molecule has 0 aliphatic heterocycles. The van der Waals surface area contributed by atoms with Crippen LogP contribution < -0.4 is 5.32 Å². The van der Waals surface area contributed by atoms with Crippen molar-refractivity contribution in [2.24, 2.45) is 0 Å². The minimum Gasteiger partial charge on any atom is -0.468 e. The Kier molecular flexibility index (Phi) is 3.22. The molecule has 1 heterocycles. The number of methoxy groups -OCH3 is 1. The van der Waals surface area contributed by atoms with Crippen LogP contribution in [-0.2, 0) is 9.53 Å². The summed E-state index contributed by atoms with van der Waals surface area (Å²) in [5.74, 6) is -0.174. The Morgan fingerprint density at radius 3 is 3.05 bits per heavy atom. The smallest absolute Gasteiger partial charge is 0.326 e. The van der Waals surface area contributed by atoms with E-state index < -0.39 is 5.54 Å². The van der Waals surface area contributed by atoms with Gasteiger partial charge < -0.3 is 14.6 Å². The number of para-hydroxylation sites is 2. The summed E-state index contributed by atoms with van der Waals surface area (Å²) in [6.07, 6.45) is 4.33. The molecule has 5 heteroatoms. The number of esters is 1. The molecule has 1 fully saturated rings. The molecule has 2 atom stereocenters. The normalized spacial score (nSPS) is 26.0. The first kappa shape index (κ1) is 13.1. The molecule has 0 saturated heterocycles. The lowest BCUT2D eigenvalue weighted by Gasteiger charge is -2.25. The SMILES string of the molecule is CNC1(C(=O)OC)CCC(n2cnc3ccccc32)C1. The maximum atomic E-state index is 12.0. The van der Waals surface area contributed by atoms with Crippen LogP contribution in [0.15, 0.2) is 30.6 Å². The molecule has 1 aliphatic carbocycles. The number of likely N-dealkylation sites (N-methyl/N-ethyl adjacent to an activating group) is 1. The zero-order valence-electron chi connectivity index (χ0n) is 11.8. The molecular weight excluding hydrogens is 254 g/mol. The minimum atomic E-state index is -0.565. The van der Waals surface area contributed by atoms with Crippen molar-refractivity contribution < 1.29 is 9.53 Å². The van der Waals surface area contributed by atoms with Gasteiger partial charge in [0.1, 0.15) is 5.54 Å². The van der Waals surface area contributed by atoms with Crippen molar-refractivity contribution in [1.29, 1.82) is 0 Å². The molecule has 20 heavy (non-hydrogen) atoms. The molecule has 1 aromatic carbocycles. The first-order valence-electron chi connectivity index (χ1n) is 6.89. The third-order valence-corrected chi connectivity index (χ3v) is 4.42. The Labute approximate surface area is 117 Å². The number of carbonyl (C=O) groups is 1. The number of fused-ring (bicyclic) bond motifs is 1. The first-order valence-corrected chi connectivity index (χ1v) is 6.89. The van der Waals surface area contributed by atoms with E-state index in [1.165, 1.54) is 7.11 Å². The first-order chi connectivity index (χ1) is 9.70. The van der Waals surface area contributed by atoms with Crippen LogP contribution in [0.2, 0.25) is 0 Å². The van der Waals surface area contributed by atoms with Crippen LogP contribution in [0.3, 0.4) is 0 Å². The molecule has 2 aromatic rings. The number of carbonyl (C=O) groups excluding carboxylic acids is 1. The second-order valence-corrected chi connectivity index (χ2v) is 5.36. The predicted molar refractivity (Wildman–Crippen MR) is 76.4 cm³/mol. The third-order valence-electron chi connectivity index (χ3n) is 4.42. The lowest BCUT2D eigenvalue weighted by Crippen LogP contribution is -2.49. The summed E-state index contributed by atoms with van der Waals surface area (Å²) in [5.41, 5.74) is 1.55. The second-order valence-electron chi connectivity index (χ2n) is 5.36. The highest BCUT2D eigenvalue weighted by Gasteiger charge is 2.45. The molecule has 106 valence electrons. The van der Waals surface area contributed by atoms with Gasteiger partial charge in [0, 0.05) is 6.04 Å². The summed E-state index contributed by atoms with van der Waals surface area (Å²) in [7, 11) is 3.27. The van der Waals surface area contributed by atoms with E-state index in [0.29, 0.717) is 0 Å². The predicted octanol–water partition coefficient (Wildman–Crippen LogP) is 1.89. The van der Waals surface area contributed by atoms with Crippen LogP contribution in [0.25, 0.3) is 11.0 Å². The quantitative estimate of drug-likeness (QED) is 0.868. The Morgan fingerprint density at radius 2 is 2.30 bits per heavy atom. The van der Waals surface area contributed by atoms with Crippen LogP contribution in [0, 0.1) is 0 Å². The number of nitrogens with zero attached hydrogens (tertiary/aromatic N) is 2. The Hall–Kier alpha value is -1.88. The van der Waals surface area contributed by atoms with Gasteiger partial charge in [-0.3, -0.25) is 4.79 Å². The van der Waals surface area contributed by atoms with Crippen LogP contribution in [-0.4, -0.2) is 35.2 Å². The molecular formula is C15H19N3O2. The summed E-state index contributed by atoms with van der Waals surface area (Å²) in [5, 5.41) is 3.16. The van der Waals surface area contributed by atoms with E-state index in [0.717, 1.165) is 30.3 Å². The standard InChI is InChI=1S/C15H19N3O2/c1-16-15(14(19)20-2)8-7-11(9-15)18-10-17-12-5-3-4-6-13(12)18/h3-6,10-11,16H,7-9H2,1-2H3. The monoisotopic (exact) mass is 273 g/mol. The van der Waals surface area contributed by atoms with Gasteiger partial charge in [0.2, 0.25) is 0 Å². The zero-order chi connectivity index (χ0) is 14.2. The number of ether oxygens (including phenoxy) is 1. The van der Waals surface area contributed by atoms with Crippen molar-refractivity contribution in [1.82, 2.24) is 14.9 Å². The van der Waals surface area contributed by atoms with E-state index in [1.54, 1.807) is 0 Å². The molecule has 0 radical (unpaired) electrons. The highest BCUT2D eigenvalue weighted by molar-refractivity contribution is 5.81. The van der Waals surface area contributed by atoms with E-state index >= 15 is 0 Å². The van der Waals surface area contributed by atoms with Gasteiger partial charge in [0.15, 0.2) is 0 Å². The summed E-state index contributed by atoms with van der Waals surface area (Å²) >= 11 is 0. The number of aromatic nitrogens is 2. The Bertz CT molecular complexity index is 637. The summed E-state index contributed by atoms with van der Waals surface area (Å²) < 4.78 is 7.13. The highest BCUT2D eigenvalue weighted by Crippen LogP contribution is 2.39. The molecule has 3 rings (SSSR count). The number of imidazole rings is 1. The number of hydrogen-bond donors (Lipinski definition) is 1. The number of hydrogen-bond acceptors (Lipinski definition) is 4. The molecule has 2 unspecified atom stereocenters. The fraction of sp³-hybridized carbons (Fsp3) is 0.467. The Morgan fingerprint density at radius 1 is 1.50 bits per heavy atom. The molecule has 1 aromatic heterocycles. The molecule has 5 nitrogen and oxygen atoms in total. The lowest BCUT2D eigenvalue weighted by molar-refractivity contribution is -0.148. The largest absolute Gasteiger partial charge is 0.468 e. The van der Waals surface area contributed by atoms with Crippen LogP contribution in [0.1, 0.15) is 25.3 Å². The molecule has 0 amide bonds. The van der Waals surface area contributed by atoms with E-state index in [1.807, 2.05) is 31.6 Å². The van der Waals surface area contributed by atoms with Gasteiger partial charge in [-0.05, 0) is 38.4 Å². The van der Waals surface area contributed by atoms with E-state index in [-0.39, 0.29) is 12.0 Å². The van der Waals surface area contributed by atoms with Gasteiger partial charge in [-0.1, -0.05) is 12.1 Å². The maximum absolute atomic E-state index is 12.0. The topological polar surface area (TPSA) is 56.1 Å². The summed E-state index contributed by atoms with van der Waals surface area (Å²) in [6, 6.07) is 8.35. The minimum absolute atomic E-state index is 0.174. The Balaban J connectivity index is 1.92. The van der Waals surface area contributed by atoms with Gasteiger partial charge in [0.25, 0.3) is 0 Å². The fourth-order valence-electron chi connectivity index (χ4n) is 3.24. The van der Waals surface area contributed by atoms with Crippen molar-refractivity contribution >= 4 is 17.0 Å². The summed E-state index contributed by atoms with van der Waals surface area (Å²) in [4.78, 5) is 16.5. The molecule has 1 saturated carbocycles. The van der Waals surface area contributed by atoms with Crippen LogP contribution >= 0.6 is 0 Å². The van der Waals surface area contributed by atoms with Gasteiger partial charge >= 0.3 is 5.97 Å². The van der Waals surface area contributed by atoms with Crippen molar-refractivity contribution in [2.45, 2.75) is 30.8 Å². The van der Waals surface area contributed by atoms with E-state index in [9.17, 15) is 4.79 Å². The van der Waals surface area contributed by atoms with E-state index in [4.69, 9.17) is 4.74 Å².